The van der Waals surface area contributed by atoms with Gasteiger partial charge in [-0.15, -0.1) is 0 Å². The van der Waals surface area contributed by atoms with Gasteiger partial charge in [-0.2, -0.15) is 0 Å². The number of nitrogens with zero attached hydrogens (tertiary/aromatic N) is 1. The largest absolute Gasteiger partial charge is 0.453 e. The molecule has 1 aromatic rings. The van der Waals surface area contributed by atoms with Gasteiger partial charge in [0.05, 0.1) is 19.3 Å². The molecule has 5 heteroatoms. The van der Waals surface area contributed by atoms with E-state index in [0.717, 1.165) is 36.7 Å². The van der Waals surface area contributed by atoms with E-state index in [4.69, 9.17) is 14.9 Å². The van der Waals surface area contributed by atoms with Crippen molar-refractivity contribution in [3.05, 3.63) is 22.6 Å². The third kappa shape index (κ3) is 2.60. The molecule has 2 heterocycles. The molecule has 0 aromatic carbocycles. The number of ether oxygens (including phenoxy) is 1. The first-order chi connectivity index (χ1) is 7.31. The zero-order valence-electron chi connectivity index (χ0n) is 8.49. The first kappa shape index (κ1) is 11.1. The molecule has 2 N–H and O–H groups in total. The summed E-state index contributed by atoms with van der Waals surface area (Å²) in [6.45, 7) is 3.96. The van der Waals surface area contributed by atoms with Crippen molar-refractivity contribution in [3.8, 4) is 0 Å². The maximum atomic E-state index is 5.79. The number of furan rings is 1. The lowest BCUT2D eigenvalue weighted by molar-refractivity contribution is 0.0134. The van der Waals surface area contributed by atoms with Crippen molar-refractivity contribution >= 4 is 15.9 Å². The molecule has 1 aliphatic heterocycles. The van der Waals surface area contributed by atoms with Gasteiger partial charge in [-0.05, 0) is 28.1 Å². The first-order valence-corrected chi connectivity index (χ1v) is 5.87. The second-order valence-corrected chi connectivity index (χ2v) is 4.32. The van der Waals surface area contributed by atoms with E-state index in [9.17, 15) is 0 Å². The van der Waals surface area contributed by atoms with Gasteiger partial charge in [0.15, 0.2) is 4.67 Å². The summed E-state index contributed by atoms with van der Waals surface area (Å²) in [6.07, 6.45) is 0. The minimum atomic E-state index is 0.167. The number of morpholine rings is 1. The first-order valence-electron chi connectivity index (χ1n) is 5.08. The van der Waals surface area contributed by atoms with E-state index in [1.807, 2.05) is 12.1 Å². The maximum absolute atomic E-state index is 5.79. The average molecular weight is 275 g/mol. The lowest BCUT2D eigenvalue weighted by Gasteiger charge is -2.32. The Labute approximate surface area is 97.5 Å². The normalized spacial score (nSPS) is 20.4. The Balaban J connectivity index is 2.08. The maximum Gasteiger partial charge on any atom is 0.169 e. The Bertz CT molecular complexity index is 310. The molecule has 84 valence electrons. The third-order valence-corrected chi connectivity index (χ3v) is 3.06. The van der Waals surface area contributed by atoms with Crippen molar-refractivity contribution in [1.82, 2.24) is 4.90 Å². The summed E-state index contributed by atoms with van der Waals surface area (Å²) in [4.78, 5) is 2.30. The summed E-state index contributed by atoms with van der Waals surface area (Å²) in [5.41, 5.74) is 5.79. The average Bonchev–Trinajstić information content (AvgIpc) is 2.68. The van der Waals surface area contributed by atoms with Crippen LogP contribution < -0.4 is 5.73 Å². The van der Waals surface area contributed by atoms with Crippen molar-refractivity contribution < 1.29 is 9.15 Å². The highest BCUT2D eigenvalue weighted by atomic mass is 79.9. The van der Waals surface area contributed by atoms with E-state index >= 15 is 0 Å². The van der Waals surface area contributed by atoms with Crippen LogP contribution in [0.5, 0.6) is 0 Å². The second-order valence-electron chi connectivity index (χ2n) is 3.54. The van der Waals surface area contributed by atoms with Crippen LogP contribution in [-0.4, -0.2) is 37.7 Å². The third-order valence-electron chi connectivity index (χ3n) is 2.63. The monoisotopic (exact) mass is 274 g/mol. The lowest BCUT2D eigenvalue weighted by Crippen LogP contribution is -2.41. The lowest BCUT2D eigenvalue weighted by atomic mass is 10.2. The van der Waals surface area contributed by atoms with Gasteiger partial charge in [0.25, 0.3) is 0 Å². The molecule has 15 heavy (non-hydrogen) atoms. The van der Waals surface area contributed by atoms with Crippen molar-refractivity contribution in [1.29, 1.82) is 0 Å². The second kappa shape index (κ2) is 5.12. The van der Waals surface area contributed by atoms with E-state index < -0.39 is 0 Å². The van der Waals surface area contributed by atoms with Crippen molar-refractivity contribution in [3.63, 3.8) is 0 Å². The molecule has 0 radical (unpaired) electrons. The van der Waals surface area contributed by atoms with E-state index in [1.54, 1.807) is 0 Å². The molecule has 0 spiro atoms. The standard InChI is InChI=1S/C10H15BrN2O2/c11-10-2-1-9(15-10)8(7-12)13-3-5-14-6-4-13/h1-2,8H,3-7,12H2. The molecule has 1 atom stereocenters. The van der Waals surface area contributed by atoms with Crippen LogP contribution >= 0.6 is 15.9 Å². The van der Waals surface area contributed by atoms with Crippen LogP contribution in [0.4, 0.5) is 0 Å². The Morgan fingerprint density at radius 2 is 2.13 bits per heavy atom. The van der Waals surface area contributed by atoms with Crippen LogP contribution in [0.2, 0.25) is 0 Å². The van der Waals surface area contributed by atoms with E-state index in [2.05, 4.69) is 20.8 Å². The van der Waals surface area contributed by atoms with Gasteiger partial charge in [-0.1, -0.05) is 0 Å². The van der Waals surface area contributed by atoms with Gasteiger partial charge in [0.1, 0.15) is 5.76 Å². The predicted molar refractivity (Wildman–Crippen MR) is 60.6 cm³/mol. The summed E-state index contributed by atoms with van der Waals surface area (Å²) in [5, 5.41) is 0. The highest BCUT2D eigenvalue weighted by Gasteiger charge is 2.23. The van der Waals surface area contributed by atoms with Crippen LogP contribution in [0.3, 0.4) is 0 Å². The van der Waals surface area contributed by atoms with Gasteiger partial charge >= 0.3 is 0 Å². The topological polar surface area (TPSA) is 51.6 Å². The molecular formula is C10H15BrN2O2. The summed E-state index contributed by atoms with van der Waals surface area (Å²) < 4.78 is 11.6. The zero-order valence-corrected chi connectivity index (χ0v) is 10.1. The number of hydrogen-bond acceptors (Lipinski definition) is 4. The van der Waals surface area contributed by atoms with Gasteiger partial charge in [-0.3, -0.25) is 4.90 Å². The van der Waals surface area contributed by atoms with Crippen LogP contribution in [0.1, 0.15) is 11.8 Å². The molecule has 2 rings (SSSR count). The summed E-state index contributed by atoms with van der Waals surface area (Å²) >= 11 is 3.30. The SMILES string of the molecule is NCC(c1ccc(Br)o1)N1CCOCC1. The highest BCUT2D eigenvalue weighted by molar-refractivity contribution is 9.10. The van der Waals surface area contributed by atoms with Crippen molar-refractivity contribution in [2.75, 3.05) is 32.8 Å². The molecule has 1 aromatic heterocycles. The van der Waals surface area contributed by atoms with Crippen LogP contribution in [0.15, 0.2) is 21.2 Å². The molecule has 0 aliphatic carbocycles. The minimum Gasteiger partial charge on any atom is -0.453 e. The molecule has 1 unspecified atom stereocenters. The quantitative estimate of drug-likeness (QED) is 0.905. The Kier molecular flexibility index (Phi) is 3.80. The summed E-state index contributed by atoms with van der Waals surface area (Å²) in [6, 6.07) is 4.04. The molecule has 4 nitrogen and oxygen atoms in total. The Morgan fingerprint density at radius 1 is 1.40 bits per heavy atom. The van der Waals surface area contributed by atoms with Crippen LogP contribution in [0.25, 0.3) is 0 Å². The van der Waals surface area contributed by atoms with E-state index in [-0.39, 0.29) is 6.04 Å². The fraction of sp³-hybridized carbons (Fsp3) is 0.600. The van der Waals surface area contributed by atoms with Crippen molar-refractivity contribution in [2.45, 2.75) is 6.04 Å². The fourth-order valence-corrected chi connectivity index (χ4v) is 2.16. The highest BCUT2D eigenvalue weighted by Crippen LogP contribution is 2.25. The molecule has 0 bridgehead atoms. The summed E-state index contributed by atoms with van der Waals surface area (Å²) in [5.74, 6) is 0.922. The van der Waals surface area contributed by atoms with Gasteiger partial charge in [-0.25, -0.2) is 0 Å². The molecule has 0 amide bonds. The number of hydrogen-bond donors (Lipinski definition) is 1. The zero-order chi connectivity index (χ0) is 10.7. The number of rotatable bonds is 3. The smallest absolute Gasteiger partial charge is 0.169 e. The van der Waals surface area contributed by atoms with Crippen LogP contribution in [-0.2, 0) is 4.74 Å². The number of halogens is 1. The minimum absolute atomic E-state index is 0.167. The fourth-order valence-electron chi connectivity index (χ4n) is 1.84. The summed E-state index contributed by atoms with van der Waals surface area (Å²) in [7, 11) is 0. The molecule has 0 saturated carbocycles. The molecule has 1 saturated heterocycles. The molecule has 1 aliphatic rings. The van der Waals surface area contributed by atoms with Crippen LogP contribution in [0, 0.1) is 0 Å². The van der Waals surface area contributed by atoms with Gasteiger partial charge in [0, 0.05) is 19.6 Å². The van der Waals surface area contributed by atoms with Gasteiger partial charge < -0.3 is 14.9 Å². The van der Waals surface area contributed by atoms with E-state index in [0.29, 0.717) is 6.54 Å². The molecule has 1 fully saturated rings. The molecular weight excluding hydrogens is 260 g/mol. The van der Waals surface area contributed by atoms with Crippen molar-refractivity contribution in [2.24, 2.45) is 5.73 Å². The Morgan fingerprint density at radius 3 is 2.67 bits per heavy atom. The predicted octanol–water partition coefficient (Wildman–Crippen LogP) is 1.37. The van der Waals surface area contributed by atoms with E-state index in [1.165, 1.54) is 0 Å². The number of nitrogens with two attached hydrogens (primary N) is 1. The van der Waals surface area contributed by atoms with Gasteiger partial charge in [0.2, 0.25) is 0 Å². The Hall–Kier alpha value is -0.360.